The van der Waals surface area contributed by atoms with Crippen LogP contribution >= 0.6 is 15.9 Å². The Hall–Kier alpha value is -0.390. The van der Waals surface area contributed by atoms with E-state index in [1.807, 2.05) is 0 Å². The van der Waals surface area contributed by atoms with Crippen LogP contribution in [0, 0.1) is 50.2 Å². The Labute approximate surface area is 239 Å². The predicted molar refractivity (Wildman–Crippen MR) is 156 cm³/mol. The molecule has 0 bridgehead atoms. The van der Waals surface area contributed by atoms with Crippen molar-refractivity contribution in [3.8, 4) is 0 Å². The number of hydrogen-bond acceptors (Lipinski definition) is 4. The number of halogens is 1. The van der Waals surface area contributed by atoms with E-state index in [-0.39, 0.29) is 45.6 Å². The molecule has 0 radical (unpaired) electrons. The van der Waals surface area contributed by atoms with Gasteiger partial charge >= 0.3 is 5.97 Å². The van der Waals surface area contributed by atoms with Crippen molar-refractivity contribution >= 4 is 21.9 Å². The number of esters is 1. The topological polar surface area (TPSA) is 66.8 Å². The second-order valence-corrected chi connectivity index (χ2v) is 16.6. The number of alkyl halides is 1. The minimum absolute atomic E-state index is 0.0600. The highest BCUT2D eigenvalue weighted by Gasteiger charge is 2.69. The number of ether oxygens (including phenoxy) is 1. The van der Waals surface area contributed by atoms with Gasteiger partial charge in [0, 0.05) is 10.7 Å². The lowest BCUT2D eigenvalue weighted by molar-refractivity contribution is -0.217. The summed E-state index contributed by atoms with van der Waals surface area (Å²) in [6.07, 6.45) is 13.2. The van der Waals surface area contributed by atoms with Crippen LogP contribution in [0.4, 0.5) is 0 Å². The van der Waals surface area contributed by atoms with Crippen LogP contribution in [0.15, 0.2) is 11.6 Å². The summed E-state index contributed by atoms with van der Waals surface area (Å²) < 4.78 is 5.98. The maximum absolute atomic E-state index is 13.8. The van der Waals surface area contributed by atoms with Crippen LogP contribution in [-0.4, -0.2) is 40.8 Å². The molecule has 0 amide bonds. The minimum atomic E-state index is -0.423. The van der Waals surface area contributed by atoms with E-state index in [1.165, 1.54) is 0 Å². The van der Waals surface area contributed by atoms with E-state index in [1.54, 1.807) is 5.57 Å². The molecule has 2 N–H and O–H groups in total. The second kappa shape index (κ2) is 9.58. The van der Waals surface area contributed by atoms with Gasteiger partial charge in [-0.25, -0.2) is 0 Å². The average molecular weight is 594 g/mol. The SMILES string of the molecule is CC1(C)CC[C@]2(C(=O)OCCCBr)CC[C@]3(C)C(=CC[C@@H]4[C@@]5(C)CC[C@H](O)[C@@](C)(CO)C5CC[C@]43C)[C@H]2C1. The lowest BCUT2D eigenvalue weighted by atomic mass is 9.33. The van der Waals surface area contributed by atoms with Crippen molar-refractivity contribution in [2.24, 2.45) is 50.2 Å². The summed E-state index contributed by atoms with van der Waals surface area (Å²) in [4.78, 5) is 13.8. The molecule has 0 aliphatic heterocycles. The molecule has 0 aromatic rings. The van der Waals surface area contributed by atoms with Crippen LogP contribution in [0.25, 0.3) is 0 Å². The van der Waals surface area contributed by atoms with Crippen molar-refractivity contribution in [2.45, 2.75) is 118 Å². The quantitative estimate of drug-likeness (QED) is 0.150. The molecule has 0 heterocycles. The maximum atomic E-state index is 13.8. The number of fused-ring (bicyclic) bond motifs is 7. The molecule has 9 atom stereocenters. The van der Waals surface area contributed by atoms with Crippen molar-refractivity contribution in [1.82, 2.24) is 0 Å². The molecule has 0 saturated heterocycles. The molecule has 4 fully saturated rings. The van der Waals surface area contributed by atoms with Gasteiger partial charge in [-0.1, -0.05) is 69.1 Å². The fraction of sp³-hybridized carbons (Fsp3) is 0.909. The zero-order valence-electron chi connectivity index (χ0n) is 24.9. The summed E-state index contributed by atoms with van der Waals surface area (Å²) in [6, 6.07) is 0. The zero-order chi connectivity index (χ0) is 27.8. The predicted octanol–water partition coefficient (Wildman–Crippen LogP) is 7.45. The molecule has 216 valence electrons. The highest BCUT2D eigenvalue weighted by Crippen LogP contribution is 2.75. The summed E-state index contributed by atoms with van der Waals surface area (Å²) in [5.41, 5.74) is 1.31. The van der Waals surface area contributed by atoms with Gasteiger partial charge < -0.3 is 14.9 Å². The van der Waals surface area contributed by atoms with Gasteiger partial charge in [-0.05, 0) is 110 Å². The Balaban J connectivity index is 1.55. The van der Waals surface area contributed by atoms with Crippen molar-refractivity contribution in [2.75, 3.05) is 18.5 Å². The van der Waals surface area contributed by atoms with Crippen LogP contribution in [0.5, 0.6) is 0 Å². The number of carbonyl (C=O) groups excluding carboxylic acids is 1. The van der Waals surface area contributed by atoms with Crippen LogP contribution < -0.4 is 0 Å². The molecule has 4 saturated carbocycles. The van der Waals surface area contributed by atoms with Crippen molar-refractivity contribution in [3.63, 3.8) is 0 Å². The minimum Gasteiger partial charge on any atom is -0.465 e. The Bertz CT molecular complexity index is 976. The standard InChI is InChI=1S/C33H53BrO4/c1-28(2)14-16-33(27(37)38-19-7-18-34)17-15-31(5)22(23(33)20-28)8-9-25-29(3)12-11-26(36)30(4,21-35)24(29)10-13-32(25,31)6/h8,23-26,35-36H,7,9-21H2,1-6H3/t23-,24?,25-,26+,29+,30+,31-,32-,33+/m1/s1. The molecule has 0 aromatic carbocycles. The van der Waals surface area contributed by atoms with Crippen molar-refractivity contribution < 1.29 is 19.7 Å². The summed E-state index contributed by atoms with van der Waals surface area (Å²) in [5.74, 6) is 1.18. The van der Waals surface area contributed by atoms with Gasteiger partial charge in [0.1, 0.15) is 0 Å². The van der Waals surface area contributed by atoms with Gasteiger partial charge in [-0.2, -0.15) is 0 Å². The van der Waals surface area contributed by atoms with E-state index in [2.05, 4.69) is 63.5 Å². The largest absolute Gasteiger partial charge is 0.465 e. The fourth-order valence-corrected chi connectivity index (χ4v) is 11.2. The zero-order valence-corrected chi connectivity index (χ0v) is 26.5. The smallest absolute Gasteiger partial charge is 0.312 e. The lowest BCUT2D eigenvalue weighted by Crippen LogP contribution is -2.66. The molecule has 0 aromatic heterocycles. The Morgan fingerprint density at radius 2 is 1.71 bits per heavy atom. The molecule has 5 heteroatoms. The van der Waals surface area contributed by atoms with E-state index < -0.39 is 11.5 Å². The van der Waals surface area contributed by atoms with E-state index >= 15 is 0 Å². The van der Waals surface area contributed by atoms with Gasteiger partial charge in [-0.15, -0.1) is 0 Å². The molecular weight excluding hydrogens is 540 g/mol. The summed E-state index contributed by atoms with van der Waals surface area (Å²) in [5, 5.41) is 22.3. The first-order chi connectivity index (χ1) is 17.7. The second-order valence-electron chi connectivity index (χ2n) is 15.8. The highest BCUT2D eigenvalue weighted by atomic mass is 79.9. The Morgan fingerprint density at radius 3 is 2.39 bits per heavy atom. The molecule has 5 aliphatic rings. The van der Waals surface area contributed by atoms with Gasteiger partial charge in [0.05, 0.1) is 24.7 Å². The molecule has 0 spiro atoms. The molecule has 5 rings (SSSR count). The monoisotopic (exact) mass is 592 g/mol. The van der Waals surface area contributed by atoms with Crippen LogP contribution in [0.2, 0.25) is 0 Å². The Kier molecular flexibility index (Phi) is 7.34. The van der Waals surface area contributed by atoms with Crippen LogP contribution in [-0.2, 0) is 9.53 Å². The third-order valence-corrected chi connectivity index (χ3v) is 14.2. The van der Waals surface area contributed by atoms with E-state index in [9.17, 15) is 15.0 Å². The van der Waals surface area contributed by atoms with E-state index in [0.717, 1.165) is 76.0 Å². The molecular formula is C33H53BrO4. The fourth-order valence-electron chi connectivity index (χ4n) is 11.0. The van der Waals surface area contributed by atoms with Gasteiger partial charge in [-0.3, -0.25) is 4.79 Å². The normalized spacial score (nSPS) is 49.6. The first-order valence-corrected chi connectivity index (χ1v) is 16.6. The first kappa shape index (κ1) is 29.1. The highest BCUT2D eigenvalue weighted by molar-refractivity contribution is 9.09. The molecule has 4 nitrogen and oxygen atoms in total. The number of rotatable bonds is 5. The van der Waals surface area contributed by atoms with Gasteiger partial charge in [0.15, 0.2) is 0 Å². The maximum Gasteiger partial charge on any atom is 0.312 e. The average Bonchev–Trinajstić information content (AvgIpc) is 2.86. The lowest BCUT2D eigenvalue weighted by Gasteiger charge is -2.71. The van der Waals surface area contributed by atoms with Crippen LogP contribution in [0.1, 0.15) is 112 Å². The van der Waals surface area contributed by atoms with Crippen molar-refractivity contribution in [3.05, 3.63) is 11.6 Å². The third-order valence-electron chi connectivity index (χ3n) is 13.7. The van der Waals surface area contributed by atoms with Crippen molar-refractivity contribution in [1.29, 1.82) is 0 Å². The number of allylic oxidation sites excluding steroid dienone is 2. The summed E-state index contributed by atoms with van der Waals surface area (Å²) >= 11 is 3.48. The summed E-state index contributed by atoms with van der Waals surface area (Å²) in [6.45, 7) is 15.1. The summed E-state index contributed by atoms with van der Waals surface area (Å²) in [7, 11) is 0. The number of hydrogen-bond donors (Lipinski definition) is 2. The number of aliphatic hydroxyl groups is 2. The van der Waals surface area contributed by atoms with Gasteiger partial charge in [0.2, 0.25) is 0 Å². The van der Waals surface area contributed by atoms with E-state index in [0.29, 0.717) is 18.4 Å². The third kappa shape index (κ3) is 3.90. The Morgan fingerprint density at radius 1 is 1.00 bits per heavy atom. The first-order valence-electron chi connectivity index (χ1n) is 15.5. The number of aliphatic hydroxyl groups excluding tert-OH is 2. The molecule has 5 aliphatic carbocycles. The van der Waals surface area contributed by atoms with E-state index in [4.69, 9.17) is 4.74 Å². The van der Waals surface area contributed by atoms with Crippen LogP contribution in [0.3, 0.4) is 0 Å². The van der Waals surface area contributed by atoms with Gasteiger partial charge in [0.25, 0.3) is 0 Å². The number of carbonyl (C=O) groups is 1. The molecule has 38 heavy (non-hydrogen) atoms. The molecule has 1 unspecified atom stereocenters.